The molecule has 1 aliphatic heterocycles. The van der Waals surface area contributed by atoms with Crippen molar-refractivity contribution in [2.24, 2.45) is 7.05 Å². The Balaban J connectivity index is 2.08. The van der Waals surface area contributed by atoms with Crippen molar-refractivity contribution in [3.63, 3.8) is 0 Å². The quantitative estimate of drug-likeness (QED) is 0.768. The first-order chi connectivity index (χ1) is 6.66. The molecular weight excluding hydrogens is 242 g/mol. The van der Waals surface area contributed by atoms with Crippen LogP contribution in [0.2, 0.25) is 0 Å². The number of nitrogens with zero attached hydrogens (tertiary/aromatic N) is 3. The van der Waals surface area contributed by atoms with Crippen molar-refractivity contribution in [2.45, 2.75) is 18.8 Å². The fourth-order valence-electron chi connectivity index (χ4n) is 1.97. The number of piperidine rings is 1. The molecule has 0 bridgehead atoms. The van der Waals surface area contributed by atoms with E-state index in [0.29, 0.717) is 5.92 Å². The summed E-state index contributed by atoms with van der Waals surface area (Å²) < 4.78 is 2.97. The van der Waals surface area contributed by atoms with Crippen LogP contribution in [-0.2, 0) is 7.05 Å². The maximum absolute atomic E-state index is 4.51. The Bertz CT molecular complexity index is 294. The summed E-state index contributed by atoms with van der Waals surface area (Å²) in [4.78, 5) is 2.38. The van der Waals surface area contributed by atoms with Gasteiger partial charge in [-0.05, 0) is 55.0 Å². The molecule has 2 rings (SSSR count). The SMILES string of the molecule is CN1CCC(c2cc(Br)n(C)n2)CC1. The highest BCUT2D eigenvalue weighted by Crippen LogP contribution is 2.27. The van der Waals surface area contributed by atoms with Crippen LogP contribution < -0.4 is 0 Å². The summed E-state index contributed by atoms with van der Waals surface area (Å²) in [5.74, 6) is 0.656. The topological polar surface area (TPSA) is 21.1 Å². The molecule has 1 aromatic heterocycles. The molecule has 2 heterocycles. The number of likely N-dealkylation sites (tertiary alicyclic amines) is 1. The van der Waals surface area contributed by atoms with Crippen molar-refractivity contribution in [3.8, 4) is 0 Å². The third kappa shape index (κ3) is 2.01. The van der Waals surface area contributed by atoms with Gasteiger partial charge in [0, 0.05) is 13.0 Å². The van der Waals surface area contributed by atoms with Gasteiger partial charge in [0.2, 0.25) is 0 Å². The van der Waals surface area contributed by atoms with Crippen molar-refractivity contribution in [2.75, 3.05) is 20.1 Å². The van der Waals surface area contributed by atoms with Gasteiger partial charge in [-0.2, -0.15) is 5.10 Å². The van der Waals surface area contributed by atoms with Crippen LogP contribution >= 0.6 is 15.9 Å². The van der Waals surface area contributed by atoms with E-state index in [1.807, 2.05) is 11.7 Å². The first-order valence-corrected chi connectivity index (χ1v) is 5.84. The second-order valence-corrected chi connectivity index (χ2v) is 4.91. The Hall–Kier alpha value is -0.350. The predicted molar refractivity (Wildman–Crippen MR) is 60.4 cm³/mol. The van der Waals surface area contributed by atoms with Crippen LogP contribution in [0, 0.1) is 0 Å². The van der Waals surface area contributed by atoms with Gasteiger partial charge in [-0.15, -0.1) is 0 Å². The molecule has 0 atom stereocenters. The second-order valence-electron chi connectivity index (χ2n) is 4.09. The van der Waals surface area contributed by atoms with Crippen LogP contribution in [0.4, 0.5) is 0 Å². The molecule has 3 nitrogen and oxygen atoms in total. The molecule has 14 heavy (non-hydrogen) atoms. The fraction of sp³-hybridized carbons (Fsp3) is 0.700. The standard InChI is InChI=1S/C10H16BrN3/c1-13-5-3-8(4-6-13)9-7-10(11)14(2)12-9/h7-8H,3-6H2,1-2H3. The zero-order valence-corrected chi connectivity index (χ0v) is 10.3. The smallest absolute Gasteiger partial charge is 0.104 e. The lowest BCUT2D eigenvalue weighted by atomic mass is 9.94. The molecule has 78 valence electrons. The lowest BCUT2D eigenvalue weighted by Crippen LogP contribution is -2.29. The van der Waals surface area contributed by atoms with Crippen molar-refractivity contribution < 1.29 is 0 Å². The molecule has 0 aliphatic carbocycles. The maximum atomic E-state index is 4.51. The summed E-state index contributed by atoms with van der Waals surface area (Å²) in [6.45, 7) is 2.39. The molecular formula is C10H16BrN3. The highest BCUT2D eigenvalue weighted by molar-refractivity contribution is 9.10. The summed E-state index contributed by atoms with van der Waals surface area (Å²) in [7, 11) is 4.16. The van der Waals surface area contributed by atoms with E-state index in [1.54, 1.807) is 0 Å². The number of aromatic nitrogens is 2. The van der Waals surface area contributed by atoms with Crippen LogP contribution in [0.25, 0.3) is 0 Å². The molecule has 0 radical (unpaired) electrons. The largest absolute Gasteiger partial charge is 0.306 e. The Morgan fingerprint density at radius 2 is 2.00 bits per heavy atom. The summed E-state index contributed by atoms with van der Waals surface area (Å²) >= 11 is 3.48. The van der Waals surface area contributed by atoms with Gasteiger partial charge >= 0.3 is 0 Å². The fourth-order valence-corrected chi connectivity index (χ4v) is 2.28. The van der Waals surface area contributed by atoms with Gasteiger partial charge in [0.25, 0.3) is 0 Å². The minimum Gasteiger partial charge on any atom is -0.306 e. The van der Waals surface area contributed by atoms with E-state index in [0.717, 1.165) is 4.60 Å². The van der Waals surface area contributed by atoms with E-state index >= 15 is 0 Å². The number of hydrogen-bond donors (Lipinski definition) is 0. The van der Waals surface area contributed by atoms with E-state index < -0.39 is 0 Å². The van der Waals surface area contributed by atoms with E-state index in [1.165, 1.54) is 31.6 Å². The average molecular weight is 258 g/mol. The van der Waals surface area contributed by atoms with Gasteiger partial charge in [-0.3, -0.25) is 4.68 Å². The highest BCUT2D eigenvalue weighted by atomic mass is 79.9. The van der Waals surface area contributed by atoms with E-state index in [-0.39, 0.29) is 0 Å². The maximum Gasteiger partial charge on any atom is 0.104 e. The summed E-state index contributed by atoms with van der Waals surface area (Å²) in [5.41, 5.74) is 1.24. The molecule has 0 spiro atoms. The number of halogens is 1. The predicted octanol–water partition coefficient (Wildman–Crippen LogP) is 1.99. The van der Waals surface area contributed by atoms with Gasteiger partial charge in [0.15, 0.2) is 0 Å². The van der Waals surface area contributed by atoms with Crippen LogP contribution in [-0.4, -0.2) is 34.8 Å². The summed E-state index contributed by atoms with van der Waals surface area (Å²) in [6, 6.07) is 2.15. The van der Waals surface area contributed by atoms with Crippen LogP contribution in [0.3, 0.4) is 0 Å². The van der Waals surface area contributed by atoms with Crippen LogP contribution in [0.15, 0.2) is 10.7 Å². The average Bonchev–Trinajstić information content (AvgIpc) is 2.48. The first-order valence-electron chi connectivity index (χ1n) is 5.05. The number of aryl methyl sites for hydroxylation is 1. The third-order valence-electron chi connectivity index (χ3n) is 2.98. The summed E-state index contributed by atoms with van der Waals surface area (Å²) in [6.07, 6.45) is 2.47. The Morgan fingerprint density at radius 1 is 1.36 bits per heavy atom. The molecule has 0 unspecified atom stereocenters. The Kier molecular flexibility index (Phi) is 2.93. The lowest BCUT2D eigenvalue weighted by Gasteiger charge is -2.27. The van der Waals surface area contributed by atoms with Gasteiger partial charge in [0.1, 0.15) is 4.60 Å². The number of rotatable bonds is 1. The van der Waals surface area contributed by atoms with Gasteiger partial charge in [0.05, 0.1) is 5.69 Å². The van der Waals surface area contributed by atoms with Crippen molar-refractivity contribution in [1.29, 1.82) is 0 Å². The van der Waals surface area contributed by atoms with E-state index in [2.05, 4.69) is 39.0 Å². The minimum atomic E-state index is 0.656. The summed E-state index contributed by atoms with van der Waals surface area (Å²) in [5, 5.41) is 4.51. The van der Waals surface area contributed by atoms with Crippen molar-refractivity contribution >= 4 is 15.9 Å². The molecule has 1 saturated heterocycles. The molecule has 0 amide bonds. The zero-order chi connectivity index (χ0) is 10.1. The molecule has 0 aromatic carbocycles. The zero-order valence-electron chi connectivity index (χ0n) is 8.70. The number of hydrogen-bond acceptors (Lipinski definition) is 2. The van der Waals surface area contributed by atoms with E-state index in [4.69, 9.17) is 0 Å². The molecule has 4 heteroatoms. The molecule has 1 aromatic rings. The molecule has 1 aliphatic rings. The molecule has 0 N–H and O–H groups in total. The molecule has 0 saturated carbocycles. The monoisotopic (exact) mass is 257 g/mol. The minimum absolute atomic E-state index is 0.656. The van der Waals surface area contributed by atoms with E-state index in [9.17, 15) is 0 Å². The first kappa shape index (κ1) is 10.2. The lowest BCUT2D eigenvalue weighted by molar-refractivity contribution is 0.253. The third-order valence-corrected chi connectivity index (χ3v) is 3.72. The van der Waals surface area contributed by atoms with Crippen LogP contribution in [0.1, 0.15) is 24.5 Å². The van der Waals surface area contributed by atoms with Crippen molar-refractivity contribution in [3.05, 3.63) is 16.4 Å². The van der Waals surface area contributed by atoms with Crippen molar-refractivity contribution in [1.82, 2.24) is 14.7 Å². The van der Waals surface area contributed by atoms with Gasteiger partial charge in [-0.1, -0.05) is 0 Å². The highest BCUT2D eigenvalue weighted by Gasteiger charge is 2.20. The normalized spacial score (nSPS) is 20.2. The molecule has 1 fully saturated rings. The second kappa shape index (κ2) is 4.03. The van der Waals surface area contributed by atoms with Crippen LogP contribution in [0.5, 0.6) is 0 Å². The van der Waals surface area contributed by atoms with Gasteiger partial charge in [-0.25, -0.2) is 0 Å². The Morgan fingerprint density at radius 3 is 2.50 bits per heavy atom. The van der Waals surface area contributed by atoms with Gasteiger partial charge < -0.3 is 4.90 Å². The Labute approximate surface area is 93.2 Å².